The third kappa shape index (κ3) is 4.64. The third-order valence-corrected chi connectivity index (χ3v) is 7.02. The standard InChI is InChI=1S/C30H38N4O4/c1-7-33(8-2)21-13-15-23(25(19-21)36-11-5)30(28-27(29(35)38-30)31-17-18-32-28)24-16-14-22(34(9-3)10-4)20-26(24)37-12-6/h13-20H,7-12H2,1-6H3. The Hall–Kier alpha value is -3.81. The van der Waals surface area contributed by atoms with E-state index in [-0.39, 0.29) is 5.69 Å². The smallest absolute Gasteiger partial charge is 0.360 e. The predicted molar refractivity (Wildman–Crippen MR) is 150 cm³/mol. The number of carbonyl (C=O) groups excluding carboxylic acids is 1. The van der Waals surface area contributed by atoms with Gasteiger partial charge in [-0.3, -0.25) is 4.98 Å². The molecule has 0 N–H and O–H groups in total. The SMILES string of the molecule is CCOc1cc(N(CC)CC)ccc1C1(c2ccc(N(CC)CC)cc2OCC)OC(=O)c2nccnc21. The van der Waals surface area contributed by atoms with Gasteiger partial charge in [-0.15, -0.1) is 0 Å². The minimum Gasteiger partial charge on any atom is -0.493 e. The van der Waals surface area contributed by atoms with E-state index in [4.69, 9.17) is 14.2 Å². The molecule has 0 fully saturated rings. The van der Waals surface area contributed by atoms with E-state index in [2.05, 4.69) is 47.5 Å². The molecule has 0 bridgehead atoms. The number of nitrogens with zero attached hydrogens (tertiary/aromatic N) is 4. The first-order valence-electron chi connectivity index (χ1n) is 13.6. The zero-order valence-corrected chi connectivity index (χ0v) is 23.3. The molecule has 38 heavy (non-hydrogen) atoms. The second kappa shape index (κ2) is 11.7. The second-order valence-corrected chi connectivity index (χ2v) is 8.90. The minimum atomic E-state index is -1.39. The first kappa shape index (κ1) is 27.2. The molecule has 0 amide bonds. The van der Waals surface area contributed by atoms with Crippen LogP contribution in [-0.4, -0.2) is 55.3 Å². The van der Waals surface area contributed by atoms with Crippen LogP contribution in [-0.2, 0) is 10.3 Å². The van der Waals surface area contributed by atoms with Gasteiger partial charge in [0.25, 0.3) is 0 Å². The van der Waals surface area contributed by atoms with Gasteiger partial charge in [0, 0.05) is 73.2 Å². The Labute approximate surface area is 225 Å². The van der Waals surface area contributed by atoms with Crippen molar-refractivity contribution in [1.29, 1.82) is 0 Å². The normalized spacial score (nSPS) is 13.6. The summed E-state index contributed by atoms with van der Waals surface area (Å²) in [5.74, 6) is 0.718. The lowest BCUT2D eigenvalue weighted by molar-refractivity contribution is 0.0225. The number of carbonyl (C=O) groups is 1. The maximum Gasteiger partial charge on any atom is 0.360 e. The molecule has 0 saturated carbocycles. The van der Waals surface area contributed by atoms with Crippen LogP contribution in [0, 0.1) is 0 Å². The molecule has 1 aromatic heterocycles. The lowest BCUT2D eigenvalue weighted by Crippen LogP contribution is -2.32. The van der Waals surface area contributed by atoms with Gasteiger partial charge in [-0.1, -0.05) is 0 Å². The lowest BCUT2D eigenvalue weighted by atomic mass is 9.82. The molecule has 8 nitrogen and oxygen atoms in total. The van der Waals surface area contributed by atoms with Gasteiger partial charge < -0.3 is 24.0 Å². The summed E-state index contributed by atoms with van der Waals surface area (Å²) in [5, 5.41) is 0. The summed E-state index contributed by atoms with van der Waals surface area (Å²) in [6.45, 7) is 16.7. The van der Waals surface area contributed by atoms with E-state index in [1.807, 2.05) is 50.2 Å². The number of benzene rings is 2. The van der Waals surface area contributed by atoms with Crippen molar-refractivity contribution in [3.63, 3.8) is 0 Å². The average Bonchev–Trinajstić information content (AvgIpc) is 3.24. The van der Waals surface area contributed by atoms with Crippen molar-refractivity contribution in [3.05, 3.63) is 71.3 Å². The van der Waals surface area contributed by atoms with E-state index in [9.17, 15) is 4.79 Å². The highest BCUT2D eigenvalue weighted by Crippen LogP contribution is 2.52. The van der Waals surface area contributed by atoms with Crippen LogP contribution in [0.5, 0.6) is 11.5 Å². The first-order chi connectivity index (χ1) is 18.5. The molecule has 2 aromatic carbocycles. The summed E-state index contributed by atoms with van der Waals surface area (Å²) in [4.78, 5) is 26.8. The fourth-order valence-electron chi connectivity index (χ4n) is 5.22. The number of hydrogen-bond donors (Lipinski definition) is 0. The van der Waals surface area contributed by atoms with Crippen LogP contribution < -0.4 is 19.3 Å². The molecule has 0 aliphatic carbocycles. The summed E-state index contributed by atoms with van der Waals surface area (Å²) in [7, 11) is 0. The fourth-order valence-corrected chi connectivity index (χ4v) is 5.22. The van der Waals surface area contributed by atoms with Crippen LogP contribution in [0.1, 0.15) is 68.9 Å². The quantitative estimate of drug-likeness (QED) is 0.294. The second-order valence-electron chi connectivity index (χ2n) is 8.90. The largest absolute Gasteiger partial charge is 0.493 e. The highest BCUT2D eigenvalue weighted by atomic mass is 16.6. The zero-order valence-electron chi connectivity index (χ0n) is 23.3. The molecule has 1 aliphatic heterocycles. The van der Waals surface area contributed by atoms with Crippen molar-refractivity contribution in [2.24, 2.45) is 0 Å². The maximum absolute atomic E-state index is 13.3. The van der Waals surface area contributed by atoms with Crippen molar-refractivity contribution in [1.82, 2.24) is 9.97 Å². The molecule has 0 atom stereocenters. The number of cyclic esters (lactones) is 1. The maximum atomic E-state index is 13.3. The Morgan fingerprint density at radius 2 is 1.21 bits per heavy atom. The van der Waals surface area contributed by atoms with Gasteiger partial charge in [-0.2, -0.15) is 0 Å². The molecule has 3 aromatic rings. The molecule has 1 aliphatic rings. The molecule has 0 saturated heterocycles. The molecular weight excluding hydrogens is 480 g/mol. The fraction of sp³-hybridized carbons (Fsp3) is 0.433. The van der Waals surface area contributed by atoms with Crippen molar-refractivity contribution < 1.29 is 19.0 Å². The molecular formula is C30H38N4O4. The van der Waals surface area contributed by atoms with Crippen molar-refractivity contribution in [2.75, 3.05) is 49.2 Å². The minimum absolute atomic E-state index is 0.193. The van der Waals surface area contributed by atoms with Crippen LogP contribution in [0.2, 0.25) is 0 Å². The van der Waals surface area contributed by atoms with E-state index in [1.165, 1.54) is 6.20 Å². The number of rotatable bonds is 12. The van der Waals surface area contributed by atoms with E-state index >= 15 is 0 Å². The van der Waals surface area contributed by atoms with Gasteiger partial charge in [0.2, 0.25) is 5.60 Å². The van der Waals surface area contributed by atoms with Crippen molar-refractivity contribution in [2.45, 2.75) is 47.1 Å². The van der Waals surface area contributed by atoms with Crippen LogP contribution in [0.25, 0.3) is 0 Å². The van der Waals surface area contributed by atoms with E-state index < -0.39 is 11.6 Å². The number of esters is 1. The molecule has 0 unspecified atom stereocenters. The highest BCUT2D eigenvalue weighted by Gasteiger charge is 2.54. The molecule has 2 heterocycles. The summed E-state index contributed by atoms with van der Waals surface area (Å²) in [6.07, 6.45) is 3.10. The Balaban J connectivity index is 2.04. The number of anilines is 2. The van der Waals surface area contributed by atoms with Crippen LogP contribution in [0.15, 0.2) is 48.8 Å². The Morgan fingerprint density at radius 3 is 1.66 bits per heavy atom. The highest BCUT2D eigenvalue weighted by molar-refractivity contribution is 5.94. The van der Waals surface area contributed by atoms with Crippen LogP contribution in [0.4, 0.5) is 11.4 Å². The molecule has 4 rings (SSSR count). The molecule has 0 radical (unpaired) electrons. The van der Waals surface area contributed by atoms with Gasteiger partial charge in [0.15, 0.2) is 5.69 Å². The first-order valence-corrected chi connectivity index (χ1v) is 13.6. The van der Waals surface area contributed by atoms with E-state index in [0.29, 0.717) is 41.5 Å². The van der Waals surface area contributed by atoms with Gasteiger partial charge >= 0.3 is 5.97 Å². The summed E-state index contributed by atoms with van der Waals surface area (Å²) < 4.78 is 18.7. The monoisotopic (exact) mass is 518 g/mol. The van der Waals surface area contributed by atoms with Gasteiger partial charge in [0.1, 0.15) is 17.2 Å². The zero-order chi connectivity index (χ0) is 27.3. The summed E-state index contributed by atoms with van der Waals surface area (Å²) >= 11 is 0. The van der Waals surface area contributed by atoms with Gasteiger partial charge in [-0.25, -0.2) is 9.78 Å². The molecule has 202 valence electrons. The number of ether oxygens (including phenoxy) is 3. The Bertz CT molecular complexity index is 1210. The average molecular weight is 519 g/mol. The lowest BCUT2D eigenvalue weighted by Gasteiger charge is -2.33. The van der Waals surface area contributed by atoms with Gasteiger partial charge in [-0.05, 0) is 65.8 Å². The Morgan fingerprint density at radius 1 is 0.737 bits per heavy atom. The third-order valence-electron chi connectivity index (χ3n) is 7.02. The number of aromatic nitrogens is 2. The summed E-state index contributed by atoms with van der Waals surface area (Å²) in [5.41, 5.74) is 2.65. The predicted octanol–water partition coefficient (Wildman–Crippen LogP) is 5.43. The number of fused-ring (bicyclic) bond motifs is 1. The van der Waals surface area contributed by atoms with Crippen molar-refractivity contribution >= 4 is 17.3 Å². The van der Waals surface area contributed by atoms with Crippen LogP contribution >= 0.6 is 0 Å². The molecule has 8 heteroatoms. The number of hydrogen-bond acceptors (Lipinski definition) is 8. The molecule has 0 spiro atoms. The summed E-state index contributed by atoms with van der Waals surface area (Å²) in [6, 6.07) is 12.1. The van der Waals surface area contributed by atoms with Crippen molar-refractivity contribution in [3.8, 4) is 11.5 Å². The Kier molecular flexibility index (Phi) is 8.39. The van der Waals surface area contributed by atoms with Crippen LogP contribution in [0.3, 0.4) is 0 Å². The van der Waals surface area contributed by atoms with E-state index in [1.54, 1.807) is 6.20 Å². The van der Waals surface area contributed by atoms with E-state index in [0.717, 1.165) is 37.6 Å². The topological polar surface area (TPSA) is 77.0 Å². The van der Waals surface area contributed by atoms with Gasteiger partial charge in [0.05, 0.1) is 13.2 Å².